The van der Waals surface area contributed by atoms with E-state index in [1.165, 1.54) is 36.5 Å². The molecule has 1 N–H and O–H groups in total. The Morgan fingerprint density at radius 1 is 1.47 bits per heavy atom. The molecule has 1 aliphatic rings. The Labute approximate surface area is 108 Å². The summed E-state index contributed by atoms with van der Waals surface area (Å²) in [6, 6.07) is 0. The Balaban J connectivity index is 1.71. The lowest BCUT2D eigenvalue weighted by molar-refractivity contribution is 0.442. The van der Waals surface area contributed by atoms with Crippen molar-refractivity contribution >= 4 is 11.8 Å². The van der Waals surface area contributed by atoms with Crippen molar-refractivity contribution in [3.8, 4) is 0 Å². The van der Waals surface area contributed by atoms with Crippen LogP contribution in [-0.2, 0) is 13.1 Å². The van der Waals surface area contributed by atoms with Crippen LogP contribution < -0.4 is 5.32 Å². The van der Waals surface area contributed by atoms with Gasteiger partial charge in [-0.3, -0.25) is 0 Å². The highest BCUT2D eigenvalue weighted by Crippen LogP contribution is 2.21. The van der Waals surface area contributed by atoms with Crippen LogP contribution >= 0.6 is 11.8 Å². The van der Waals surface area contributed by atoms with E-state index in [2.05, 4.69) is 33.6 Å². The van der Waals surface area contributed by atoms with Gasteiger partial charge in [0, 0.05) is 19.3 Å². The van der Waals surface area contributed by atoms with Crippen LogP contribution in [0.2, 0.25) is 0 Å². The van der Waals surface area contributed by atoms with Crippen LogP contribution in [0.1, 0.15) is 31.9 Å². The fourth-order valence-electron chi connectivity index (χ4n) is 2.29. The van der Waals surface area contributed by atoms with E-state index in [1.807, 2.05) is 12.5 Å². The van der Waals surface area contributed by atoms with Gasteiger partial charge in [0.1, 0.15) is 0 Å². The van der Waals surface area contributed by atoms with E-state index < -0.39 is 0 Å². The van der Waals surface area contributed by atoms with Gasteiger partial charge in [0.2, 0.25) is 0 Å². The molecule has 0 atom stereocenters. The highest BCUT2D eigenvalue weighted by Gasteiger charge is 2.13. The molecule has 0 aromatic carbocycles. The minimum absolute atomic E-state index is 0.888. The van der Waals surface area contributed by atoms with E-state index in [4.69, 9.17) is 0 Å². The summed E-state index contributed by atoms with van der Waals surface area (Å²) in [4.78, 5) is 4.23. The first-order valence-corrected chi connectivity index (χ1v) is 7.83. The van der Waals surface area contributed by atoms with E-state index in [-0.39, 0.29) is 0 Å². The lowest BCUT2D eigenvalue weighted by Crippen LogP contribution is -2.26. The molecule has 1 aromatic heterocycles. The smallest absolute Gasteiger partial charge is 0.0948 e. The zero-order valence-electron chi connectivity index (χ0n) is 10.7. The predicted molar refractivity (Wildman–Crippen MR) is 74.3 cm³/mol. The van der Waals surface area contributed by atoms with Crippen molar-refractivity contribution in [1.82, 2.24) is 14.9 Å². The molecule has 0 amide bonds. The number of aromatic nitrogens is 2. The van der Waals surface area contributed by atoms with Gasteiger partial charge in [0.25, 0.3) is 0 Å². The monoisotopic (exact) mass is 253 g/mol. The molecule has 17 heavy (non-hydrogen) atoms. The Morgan fingerprint density at radius 2 is 2.29 bits per heavy atom. The van der Waals surface area contributed by atoms with Crippen molar-refractivity contribution < 1.29 is 0 Å². The maximum Gasteiger partial charge on any atom is 0.0948 e. The molecule has 0 radical (unpaired) electrons. The second kappa shape index (κ2) is 7.07. The highest BCUT2D eigenvalue weighted by atomic mass is 32.2. The molecule has 1 saturated heterocycles. The lowest BCUT2D eigenvalue weighted by atomic mass is 10.0. The van der Waals surface area contributed by atoms with Gasteiger partial charge in [-0.2, -0.15) is 11.8 Å². The maximum absolute atomic E-state index is 4.23. The number of nitrogens with zero attached hydrogens (tertiary/aromatic N) is 2. The molecule has 2 rings (SSSR count). The molecule has 1 fully saturated rings. The number of aryl methyl sites for hydroxylation is 1. The van der Waals surface area contributed by atoms with Gasteiger partial charge in [-0.1, -0.05) is 6.92 Å². The van der Waals surface area contributed by atoms with Gasteiger partial charge in [-0.15, -0.1) is 0 Å². The number of hydrogen-bond donors (Lipinski definition) is 1. The fraction of sp³-hybridized carbons (Fsp3) is 0.769. The molecular formula is C13H23N3S. The minimum atomic E-state index is 0.888. The Morgan fingerprint density at radius 3 is 3.06 bits per heavy atom. The quantitative estimate of drug-likeness (QED) is 0.845. The van der Waals surface area contributed by atoms with Gasteiger partial charge in [-0.05, 0) is 43.2 Å². The molecule has 96 valence electrons. The fourth-order valence-corrected chi connectivity index (χ4v) is 3.50. The summed E-state index contributed by atoms with van der Waals surface area (Å²) in [5.41, 5.74) is 1.32. The summed E-state index contributed by atoms with van der Waals surface area (Å²) < 4.78 is 2.25. The number of imidazole rings is 1. The van der Waals surface area contributed by atoms with Crippen LogP contribution in [0.4, 0.5) is 0 Å². The van der Waals surface area contributed by atoms with E-state index in [1.54, 1.807) is 0 Å². The molecule has 0 bridgehead atoms. The molecule has 0 saturated carbocycles. The van der Waals surface area contributed by atoms with Crippen LogP contribution in [0.15, 0.2) is 12.5 Å². The summed E-state index contributed by atoms with van der Waals surface area (Å²) in [6.45, 7) is 5.41. The van der Waals surface area contributed by atoms with E-state index in [0.29, 0.717) is 0 Å². The van der Waals surface area contributed by atoms with Crippen LogP contribution in [0.5, 0.6) is 0 Å². The van der Waals surface area contributed by atoms with Crippen molar-refractivity contribution in [2.45, 2.75) is 39.3 Å². The molecule has 0 unspecified atom stereocenters. The maximum atomic E-state index is 4.23. The van der Waals surface area contributed by atoms with Gasteiger partial charge >= 0.3 is 0 Å². The number of hydrogen-bond acceptors (Lipinski definition) is 3. The van der Waals surface area contributed by atoms with E-state index in [9.17, 15) is 0 Å². The number of nitrogens with one attached hydrogen (secondary N) is 1. The third-order valence-corrected chi connectivity index (χ3v) is 4.39. The van der Waals surface area contributed by atoms with Crippen molar-refractivity contribution in [1.29, 1.82) is 0 Å². The van der Waals surface area contributed by atoms with Crippen LogP contribution in [0.25, 0.3) is 0 Å². The number of thioether (sulfide) groups is 1. The molecule has 1 aromatic rings. The van der Waals surface area contributed by atoms with Crippen molar-refractivity contribution in [3.05, 3.63) is 18.2 Å². The number of rotatable bonds is 6. The van der Waals surface area contributed by atoms with Crippen LogP contribution in [0.3, 0.4) is 0 Å². The second-order valence-corrected chi connectivity index (χ2v) is 5.99. The van der Waals surface area contributed by atoms with Gasteiger partial charge < -0.3 is 9.88 Å². The van der Waals surface area contributed by atoms with Crippen molar-refractivity contribution in [3.63, 3.8) is 0 Å². The largest absolute Gasteiger partial charge is 0.333 e. The van der Waals surface area contributed by atoms with Gasteiger partial charge in [-0.25, -0.2) is 4.98 Å². The Kier molecular flexibility index (Phi) is 5.39. The third-order valence-electron chi connectivity index (χ3n) is 3.34. The predicted octanol–water partition coefficient (Wildman–Crippen LogP) is 2.53. The standard InChI is InChI=1S/C13H23N3S/c1-2-5-16-11-15-10-13(16)9-14-8-12-3-6-17-7-4-12/h10-12,14H,2-9H2,1H3. The highest BCUT2D eigenvalue weighted by molar-refractivity contribution is 7.99. The molecule has 0 spiro atoms. The summed E-state index contributed by atoms with van der Waals surface area (Å²) in [6.07, 6.45) is 7.86. The summed E-state index contributed by atoms with van der Waals surface area (Å²) in [5.74, 6) is 3.58. The molecule has 4 heteroatoms. The minimum Gasteiger partial charge on any atom is -0.333 e. The Hall–Kier alpha value is -0.480. The molecule has 3 nitrogen and oxygen atoms in total. The first-order valence-electron chi connectivity index (χ1n) is 6.67. The second-order valence-electron chi connectivity index (χ2n) is 4.77. The average Bonchev–Trinajstić information content (AvgIpc) is 2.79. The normalized spacial score (nSPS) is 17.5. The summed E-state index contributed by atoms with van der Waals surface area (Å²) >= 11 is 2.10. The lowest BCUT2D eigenvalue weighted by Gasteiger charge is -2.21. The molecule has 0 aliphatic carbocycles. The first-order chi connectivity index (χ1) is 8.40. The molecular weight excluding hydrogens is 230 g/mol. The van der Waals surface area contributed by atoms with Crippen molar-refractivity contribution in [2.24, 2.45) is 5.92 Å². The molecule has 1 aliphatic heterocycles. The SMILES string of the molecule is CCCn1cncc1CNCC1CCSCC1. The summed E-state index contributed by atoms with van der Waals surface area (Å²) in [5, 5.41) is 3.59. The Bertz CT molecular complexity index is 318. The van der Waals surface area contributed by atoms with E-state index in [0.717, 1.165) is 25.6 Å². The van der Waals surface area contributed by atoms with Crippen LogP contribution in [-0.4, -0.2) is 27.6 Å². The third kappa shape index (κ3) is 4.03. The zero-order valence-corrected chi connectivity index (χ0v) is 11.5. The summed E-state index contributed by atoms with van der Waals surface area (Å²) in [7, 11) is 0. The van der Waals surface area contributed by atoms with Crippen LogP contribution in [0, 0.1) is 5.92 Å². The zero-order chi connectivity index (χ0) is 11.9. The van der Waals surface area contributed by atoms with Gasteiger partial charge in [0.15, 0.2) is 0 Å². The van der Waals surface area contributed by atoms with Gasteiger partial charge in [0.05, 0.1) is 12.0 Å². The first kappa shape index (κ1) is 13.0. The van der Waals surface area contributed by atoms with Crippen molar-refractivity contribution in [2.75, 3.05) is 18.1 Å². The topological polar surface area (TPSA) is 29.9 Å². The average molecular weight is 253 g/mol. The van der Waals surface area contributed by atoms with E-state index >= 15 is 0 Å². The molecule has 2 heterocycles.